The fraction of sp³-hybridized carbons (Fsp3) is 0.222. The molecule has 1 aliphatic rings. The van der Waals surface area contributed by atoms with E-state index < -0.39 is 5.54 Å². The minimum atomic E-state index is -0.406. The van der Waals surface area contributed by atoms with Crippen molar-refractivity contribution in [2.24, 2.45) is 0 Å². The molecule has 0 saturated carbocycles. The molecule has 0 radical (unpaired) electrons. The monoisotopic (exact) mass is 397 g/mol. The van der Waals surface area contributed by atoms with Crippen molar-refractivity contribution < 1.29 is 9.53 Å². The van der Waals surface area contributed by atoms with E-state index in [4.69, 9.17) is 4.74 Å². The van der Waals surface area contributed by atoms with Crippen LogP contribution in [0.3, 0.4) is 0 Å². The van der Waals surface area contributed by atoms with Gasteiger partial charge in [-0.3, -0.25) is 4.90 Å². The molecule has 0 unspecified atom stereocenters. The molecule has 0 atom stereocenters. The van der Waals surface area contributed by atoms with Crippen LogP contribution in [0.5, 0.6) is 0 Å². The molecule has 3 aromatic carbocycles. The summed E-state index contributed by atoms with van der Waals surface area (Å²) in [7, 11) is 0. The lowest BCUT2D eigenvalue weighted by molar-refractivity contribution is -0.145. The molecule has 1 aliphatic heterocycles. The predicted molar refractivity (Wildman–Crippen MR) is 120 cm³/mol. The van der Waals surface area contributed by atoms with E-state index in [1.807, 2.05) is 0 Å². The number of ether oxygens (including phenoxy) is 1. The zero-order valence-electron chi connectivity index (χ0n) is 17.1. The van der Waals surface area contributed by atoms with Crippen molar-refractivity contribution in [3.8, 4) is 0 Å². The Kier molecular flexibility index (Phi) is 6.10. The summed E-state index contributed by atoms with van der Waals surface area (Å²) in [6.07, 6.45) is 2.78. The predicted octanol–water partition coefficient (Wildman–Crippen LogP) is 5.17. The maximum absolute atomic E-state index is 11.7. The molecule has 152 valence electrons. The SMILES string of the molecule is C=CC(=O)OC1CCN(C(c2ccccc2)(c2ccccc2)c2ccccc2)CC1. The Morgan fingerprint density at radius 3 is 1.57 bits per heavy atom. The highest BCUT2D eigenvalue weighted by Crippen LogP contribution is 2.43. The Balaban J connectivity index is 1.80. The van der Waals surface area contributed by atoms with Gasteiger partial charge in [0, 0.05) is 19.2 Å². The zero-order valence-corrected chi connectivity index (χ0v) is 17.1. The first-order valence-corrected chi connectivity index (χ1v) is 10.5. The lowest BCUT2D eigenvalue weighted by Crippen LogP contribution is -2.52. The van der Waals surface area contributed by atoms with E-state index in [2.05, 4.69) is 102 Å². The summed E-state index contributed by atoms with van der Waals surface area (Å²) in [6, 6.07) is 32.1. The Morgan fingerprint density at radius 2 is 1.20 bits per heavy atom. The molecule has 3 nitrogen and oxygen atoms in total. The third-order valence-corrected chi connectivity index (χ3v) is 5.94. The summed E-state index contributed by atoms with van der Waals surface area (Å²) < 4.78 is 5.53. The van der Waals surface area contributed by atoms with E-state index in [0.29, 0.717) is 0 Å². The van der Waals surface area contributed by atoms with E-state index in [9.17, 15) is 4.79 Å². The quantitative estimate of drug-likeness (QED) is 0.326. The highest BCUT2D eigenvalue weighted by Gasteiger charge is 2.43. The molecular formula is C27H27NO2. The first-order valence-electron chi connectivity index (χ1n) is 10.5. The van der Waals surface area contributed by atoms with Crippen LogP contribution < -0.4 is 0 Å². The van der Waals surface area contributed by atoms with E-state index in [0.717, 1.165) is 25.9 Å². The van der Waals surface area contributed by atoms with E-state index in [-0.39, 0.29) is 12.1 Å². The molecule has 3 aromatic rings. The smallest absolute Gasteiger partial charge is 0.330 e. The van der Waals surface area contributed by atoms with Gasteiger partial charge in [-0.15, -0.1) is 0 Å². The largest absolute Gasteiger partial charge is 0.459 e. The fourth-order valence-corrected chi connectivity index (χ4v) is 4.61. The lowest BCUT2D eigenvalue weighted by atomic mass is 9.74. The van der Waals surface area contributed by atoms with Crippen LogP contribution in [0.4, 0.5) is 0 Å². The number of piperidine rings is 1. The Morgan fingerprint density at radius 1 is 0.800 bits per heavy atom. The lowest BCUT2D eigenvalue weighted by Gasteiger charge is -2.48. The van der Waals surface area contributed by atoms with Crippen molar-refractivity contribution in [1.82, 2.24) is 4.90 Å². The summed E-state index contributed by atoms with van der Waals surface area (Å²) in [5, 5.41) is 0. The minimum Gasteiger partial charge on any atom is -0.459 e. The van der Waals surface area contributed by atoms with Crippen molar-refractivity contribution >= 4 is 5.97 Å². The third-order valence-electron chi connectivity index (χ3n) is 5.94. The third kappa shape index (κ3) is 3.81. The van der Waals surface area contributed by atoms with Gasteiger partial charge in [0.2, 0.25) is 0 Å². The van der Waals surface area contributed by atoms with Gasteiger partial charge in [0.05, 0.1) is 5.54 Å². The highest BCUT2D eigenvalue weighted by atomic mass is 16.5. The molecule has 4 rings (SSSR count). The number of benzene rings is 3. The second-order valence-electron chi connectivity index (χ2n) is 7.64. The number of likely N-dealkylation sites (tertiary alicyclic amines) is 1. The summed E-state index contributed by atoms with van der Waals surface area (Å²) in [4.78, 5) is 14.2. The summed E-state index contributed by atoms with van der Waals surface area (Å²) in [5.41, 5.74) is 3.31. The maximum atomic E-state index is 11.7. The van der Waals surface area contributed by atoms with Crippen molar-refractivity contribution in [2.45, 2.75) is 24.5 Å². The van der Waals surface area contributed by atoms with Gasteiger partial charge >= 0.3 is 5.97 Å². The molecule has 0 bridgehead atoms. The number of carbonyl (C=O) groups is 1. The van der Waals surface area contributed by atoms with Gasteiger partial charge in [-0.05, 0) is 29.5 Å². The molecule has 0 aliphatic carbocycles. The molecule has 0 amide bonds. The number of carbonyl (C=O) groups excluding carboxylic acids is 1. The number of rotatable bonds is 6. The number of esters is 1. The summed E-state index contributed by atoms with van der Waals surface area (Å²) in [5.74, 6) is -0.339. The molecule has 0 N–H and O–H groups in total. The molecule has 3 heteroatoms. The minimum absolute atomic E-state index is 0.0632. The van der Waals surface area contributed by atoms with Gasteiger partial charge in [-0.2, -0.15) is 0 Å². The molecule has 0 spiro atoms. The van der Waals surface area contributed by atoms with Crippen molar-refractivity contribution in [2.75, 3.05) is 13.1 Å². The van der Waals surface area contributed by atoms with Crippen LogP contribution >= 0.6 is 0 Å². The normalized spacial score (nSPS) is 15.5. The standard InChI is InChI=1S/C27H27NO2/c1-2-26(29)30-25-18-20-28(21-19-25)27(22-12-6-3-7-13-22,23-14-8-4-9-15-23)24-16-10-5-11-17-24/h2-17,25H,1,18-21H2. The average Bonchev–Trinajstić information content (AvgIpc) is 2.83. The first kappa shape index (κ1) is 20.1. The first-order chi connectivity index (χ1) is 14.7. The van der Waals surface area contributed by atoms with Crippen LogP contribution in [0.1, 0.15) is 29.5 Å². The molecular weight excluding hydrogens is 370 g/mol. The average molecular weight is 398 g/mol. The van der Waals surface area contributed by atoms with Crippen LogP contribution in [0.15, 0.2) is 104 Å². The van der Waals surface area contributed by atoms with E-state index >= 15 is 0 Å². The Hall–Kier alpha value is -3.17. The van der Waals surface area contributed by atoms with Crippen LogP contribution in [-0.2, 0) is 15.1 Å². The van der Waals surface area contributed by atoms with Crippen LogP contribution in [0, 0.1) is 0 Å². The molecule has 1 saturated heterocycles. The number of nitrogens with zero attached hydrogens (tertiary/aromatic N) is 1. The molecule has 1 fully saturated rings. The fourth-order valence-electron chi connectivity index (χ4n) is 4.61. The number of hydrogen-bond donors (Lipinski definition) is 0. The zero-order chi connectivity index (χ0) is 20.8. The Labute approximate surface area is 178 Å². The molecule has 30 heavy (non-hydrogen) atoms. The number of hydrogen-bond acceptors (Lipinski definition) is 3. The van der Waals surface area contributed by atoms with Crippen LogP contribution in [0.2, 0.25) is 0 Å². The second-order valence-corrected chi connectivity index (χ2v) is 7.64. The highest BCUT2D eigenvalue weighted by molar-refractivity contribution is 5.81. The summed E-state index contributed by atoms with van der Waals surface area (Å²) in [6.45, 7) is 5.17. The van der Waals surface area contributed by atoms with Gasteiger partial charge in [0.1, 0.15) is 6.10 Å². The van der Waals surface area contributed by atoms with E-state index in [1.165, 1.54) is 22.8 Å². The van der Waals surface area contributed by atoms with Gasteiger partial charge in [-0.25, -0.2) is 4.79 Å². The van der Waals surface area contributed by atoms with Crippen LogP contribution in [0.25, 0.3) is 0 Å². The summed E-state index contributed by atoms with van der Waals surface area (Å²) >= 11 is 0. The molecule has 0 aromatic heterocycles. The topological polar surface area (TPSA) is 29.5 Å². The van der Waals surface area contributed by atoms with Crippen molar-refractivity contribution in [3.05, 3.63) is 120 Å². The van der Waals surface area contributed by atoms with Gasteiger partial charge < -0.3 is 4.74 Å². The second kappa shape index (κ2) is 9.10. The van der Waals surface area contributed by atoms with Gasteiger partial charge in [-0.1, -0.05) is 97.6 Å². The van der Waals surface area contributed by atoms with Crippen molar-refractivity contribution in [1.29, 1.82) is 0 Å². The maximum Gasteiger partial charge on any atom is 0.330 e. The van der Waals surface area contributed by atoms with E-state index in [1.54, 1.807) is 0 Å². The van der Waals surface area contributed by atoms with Crippen molar-refractivity contribution in [3.63, 3.8) is 0 Å². The Bertz CT molecular complexity index is 865. The van der Waals surface area contributed by atoms with Gasteiger partial charge in [0.25, 0.3) is 0 Å². The molecule has 1 heterocycles. The van der Waals surface area contributed by atoms with Gasteiger partial charge in [0.15, 0.2) is 0 Å². The van der Waals surface area contributed by atoms with Crippen LogP contribution in [-0.4, -0.2) is 30.1 Å².